The van der Waals surface area contributed by atoms with Crippen molar-refractivity contribution in [3.8, 4) is 0 Å². The van der Waals surface area contributed by atoms with Gasteiger partial charge in [0.15, 0.2) is 11.6 Å². The second-order valence-corrected chi connectivity index (χ2v) is 8.77. The van der Waals surface area contributed by atoms with Crippen LogP contribution in [0.2, 0.25) is 0 Å². The van der Waals surface area contributed by atoms with Gasteiger partial charge < -0.3 is 9.80 Å². The maximum absolute atomic E-state index is 15.1. The monoisotopic (exact) mass is 437 g/mol. The van der Waals surface area contributed by atoms with Crippen LogP contribution in [0.25, 0.3) is 11.6 Å². The third-order valence-electron chi connectivity index (χ3n) is 6.35. The SMILES string of the molecule is CN1C=C2C(=C(C3=CCN(CC(=O)N(C)C)CC3)C1)NN=C1C=Cc3cc(F)c(F)c2c31. The average molecular weight is 437 g/mol. The number of nitrogens with one attached hydrogen (secondary N) is 1. The summed E-state index contributed by atoms with van der Waals surface area (Å²) in [5.41, 5.74) is 8.75. The lowest BCUT2D eigenvalue weighted by Crippen LogP contribution is -2.39. The fourth-order valence-electron chi connectivity index (χ4n) is 4.63. The van der Waals surface area contributed by atoms with Crippen LogP contribution in [-0.4, -0.2) is 73.6 Å². The second kappa shape index (κ2) is 7.70. The van der Waals surface area contributed by atoms with Crippen molar-refractivity contribution >= 4 is 23.3 Å². The number of carbonyl (C=O) groups excluding carboxylic acids is 1. The van der Waals surface area contributed by atoms with E-state index in [2.05, 4.69) is 21.5 Å². The Morgan fingerprint density at radius 2 is 2.06 bits per heavy atom. The molecule has 1 aromatic rings. The highest BCUT2D eigenvalue weighted by Gasteiger charge is 2.33. The normalized spacial score (nSPS) is 19.5. The van der Waals surface area contributed by atoms with Crippen molar-refractivity contribution in [2.75, 3.05) is 47.3 Å². The smallest absolute Gasteiger partial charge is 0.236 e. The highest BCUT2D eigenvalue weighted by atomic mass is 19.2. The summed E-state index contributed by atoms with van der Waals surface area (Å²) in [6.07, 6.45) is 8.29. The van der Waals surface area contributed by atoms with E-state index < -0.39 is 11.6 Å². The van der Waals surface area contributed by atoms with E-state index in [1.165, 1.54) is 6.07 Å². The molecule has 1 aromatic carbocycles. The number of hydrogen-bond donors (Lipinski definition) is 1. The van der Waals surface area contributed by atoms with Gasteiger partial charge in [-0.2, -0.15) is 5.10 Å². The van der Waals surface area contributed by atoms with Gasteiger partial charge in [0.1, 0.15) is 0 Å². The van der Waals surface area contributed by atoms with E-state index in [-0.39, 0.29) is 11.5 Å². The van der Waals surface area contributed by atoms with Crippen molar-refractivity contribution in [2.45, 2.75) is 6.42 Å². The summed E-state index contributed by atoms with van der Waals surface area (Å²) in [6, 6.07) is 1.23. The minimum atomic E-state index is -0.861. The lowest BCUT2D eigenvalue weighted by molar-refractivity contribution is -0.129. The molecular weight excluding hydrogens is 412 g/mol. The Morgan fingerprint density at radius 3 is 2.78 bits per heavy atom. The number of carbonyl (C=O) groups is 1. The van der Waals surface area contributed by atoms with Gasteiger partial charge in [-0.25, -0.2) is 8.78 Å². The summed E-state index contributed by atoms with van der Waals surface area (Å²) < 4.78 is 29.6. The van der Waals surface area contributed by atoms with E-state index in [1.54, 1.807) is 31.1 Å². The number of benzene rings is 1. The number of halogens is 2. The van der Waals surface area contributed by atoms with Crippen LogP contribution in [0, 0.1) is 11.6 Å². The van der Waals surface area contributed by atoms with Gasteiger partial charge in [0.25, 0.3) is 0 Å². The second-order valence-electron chi connectivity index (χ2n) is 8.77. The number of fused-ring (bicyclic) bond motifs is 2. The van der Waals surface area contributed by atoms with E-state index in [0.717, 1.165) is 24.1 Å². The Kier molecular flexibility index (Phi) is 4.97. The van der Waals surface area contributed by atoms with Crippen LogP contribution in [0.4, 0.5) is 8.78 Å². The molecule has 8 heteroatoms. The van der Waals surface area contributed by atoms with Crippen LogP contribution in [0.15, 0.2) is 46.4 Å². The molecule has 32 heavy (non-hydrogen) atoms. The molecule has 0 unspecified atom stereocenters. The van der Waals surface area contributed by atoms with Crippen molar-refractivity contribution in [3.05, 3.63) is 69.6 Å². The largest absolute Gasteiger partial charge is 0.375 e. The molecule has 0 saturated heterocycles. The molecule has 0 saturated carbocycles. The number of hydrazone groups is 1. The van der Waals surface area contributed by atoms with E-state index in [0.29, 0.717) is 47.7 Å². The predicted octanol–water partition coefficient (Wildman–Crippen LogP) is 2.56. The Bertz CT molecular complexity index is 1180. The Balaban J connectivity index is 1.55. The maximum Gasteiger partial charge on any atom is 0.236 e. The highest BCUT2D eigenvalue weighted by Crippen LogP contribution is 2.41. The molecule has 1 aliphatic carbocycles. The first-order valence-corrected chi connectivity index (χ1v) is 10.7. The van der Waals surface area contributed by atoms with Gasteiger partial charge in [0.05, 0.1) is 18.0 Å². The summed E-state index contributed by atoms with van der Waals surface area (Å²) in [7, 11) is 5.44. The van der Waals surface area contributed by atoms with E-state index in [9.17, 15) is 9.18 Å². The quantitative estimate of drug-likeness (QED) is 0.790. The third kappa shape index (κ3) is 3.35. The van der Waals surface area contributed by atoms with Crippen molar-refractivity contribution < 1.29 is 13.6 Å². The summed E-state index contributed by atoms with van der Waals surface area (Å²) in [4.78, 5) is 17.7. The summed E-state index contributed by atoms with van der Waals surface area (Å²) in [5.74, 6) is -1.64. The van der Waals surface area contributed by atoms with Crippen LogP contribution in [0.1, 0.15) is 23.1 Å². The molecule has 5 rings (SSSR count). The third-order valence-corrected chi connectivity index (χ3v) is 6.35. The fourth-order valence-corrected chi connectivity index (χ4v) is 4.63. The lowest BCUT2D eigenvalue weighted by Gasteiger charge is -2.32. The standard InChI is InChI=1S/C24H25F2N5O/c1-29(2)20(32)13-31-8-6-14(7-9-31)16-11-30(3)12-17-22-21-15(10-18(25)23(22)26)4-5-19(21)27-28-24(16)17/h4-6,10,12,28H,7-9,11,13H2,1-3H3. The molecule has 0 spiro atoms. The zero-order valence-corrected chi connectivity index (χ0v) is 18.4. The van der Waals surface area contributed by atoms with Gasteiger partial charge in [-0.15, -0.1) is 0 Å². The van der Waals surface area contributed by atoms with E-state index in [1.807, 2.05) is 18.1 Å². The Morgan fingerprint density at radius 1 is 1.25 bits per heavy atom. The molecule has 0 aromatic heterocycles. The summed E-state index contributed by atoms with van der Waals surface area (Å²) in [6.45, 7) is 2.43. The van der Waals surface area contributed by atoms with Gasteiger partial charge in [-0.1, -0.05) is 12.2 Å². The van der Waals surface area contributed by atoms with Gasteiger partial charge in [0, 0.05) is 69.3 Å². The summed E-state index contributed by atoms with van der Waals surface area (Å²) in [5, 5.41) is 4.52. The molecule has 0 fully saturated rings. The van der Waals surface area contributed by atoms with Crippen LogP contribution < -0.4 is 5.43 Å². The molecule has 166 valence electrons. The molecule has 1 amide bonds. The van der Waals surface area contributed by atoms with Crippen molar-refractivity contribution in [3.63, 3.8) is 0 Å². The summed E-state index contributed by atoms with van der Waals surface area (Å²) >= 11 is 0. The zero-order valence-electron chi connectivity index (χ0n) is 18.4. The molecule has 6 nitrogen and oxygen atoms in total. The highest BCUT2D eigenvalue weighted by molar-refractivity contribution is 6.20. The first kappa shape index (κ1) is 20.6. The van der Waals surface area contributed by atoms with Gasteiger partial charge in [-0.3, -0.25) is 15.1 Å². The van der Waals surface area contributed by atoms with Gasteiger partial charge in [0.2, 0.25) is 5.91 Å². The van der Waals surface area contributed by atoms with Crippen molar-refractivity contribution in [2.24, 2.45) is 5.10 Å². The molecular formula is C24H25F2N5O. The van der Waals surface area contributed by atoms with Crippen LogP contribution in [0.3, 0.4) is 0 Å². The molecule has 0 atom stereocenters. The van der Waals surface area contributed by atoms with E-state index >= 15 is 4.39 Å². The predicted molar refractivity (Wildman–Crippen MR) is 121 cm³/mol. The van der Waals surface area contributed by atoms with Crippen LogP contribution >= 0.6 is 0 Å². The molecule has 0 bridgehead atoms. The van der Waals surface area contributed by atoms with Gasteiger partial charge >= 0.3 is 0 Å². The van der Waals surface area contributed by atoms with Crippen LogP contribution in [-0.2, 0) is 4.79 Å². The number of allylic oxidation sites excluding steroid dienone is 2. The average Bonchev–Trinajstić information content (AvgIpc) is 3.07. The molecule has 4 aliphatic rings. The number of nitrogens with zero attached hydrogens (tertiary/aromatic N) is 4. The Labute approximate surface area is 185 Å². The first-order valence-electron chi connectivity index (χ1n) is 10.7. The number of likely N-dealkylation sites (N-methyl/N-ethyl adjacent to an activating group) is 2. The molecule has 3 heterocycles. The topological polar surface area (TPSA) is 51.2 Å². The fraction of sp³-hybridized carbons (Fsp3) is 0.333. The lowest BCUT2D eigenvalue weighted by atomic mass is 9.87. The number of hydrogen-bond acceptors (Lipinski definition) is 5. The van der Waals surface area contributed by atoms with Gasteiger partial charge in [-0.05, 0) is 29.7 Å². The van der Waals surface area contributed by atoms with Crippen LogP contribution in [0.5, 0.6) is 0 Å². The minimum Gasteiger partial charge on any atom is -0.375 e. The molecule has 3 aliphatic heterocycles. The molecule has 1 N–H and O–H groups in total. The first-order chi connectivity index (χ1) is 15.3. The number of amides is 1. The Hall–Kier alpha value is -3.26. The van der Waals surface area contributed by atoms with Crippen molar-refractivity contribution in [1.82, 2.24) is 20.1 Å². The minimum absolute atomic E-state index is 0.0752. The van der Waals surface area contributed by atoms with E-state index in [4.69, 9.17) is 0 Å². The number of rotatable bonds is 3. The molecule has 0 radical (unpaired) electrons. The maximum atomic E-state index is 15.1. The zero-order chi connectivity index (χ0) is 22.6. The van der Waals surface area contributed by atoms with Crippen molar-refractivity contribution in [1.29, 1.82) is 0 Å².